The average Bonchev–Trinajstić information content (AvgIpc) is 3.34. The molecule has 158 valence electrons. The molecule has 1 spiro atoms. The number of aliphatic hydroxyl groups is 1. The van der Waals surface area contributed by atoms with Gasteiger partial charge in [-0.05, 0) is 62.0 Å². The summed E-state index contributed by atoms with van der Waals surface area (Å²) in [6.45, 7) is 10.4. The van der Waals surface area contributed by atoms with Crippen LogP contribution in [0.25, 0.3) is 0 Å². The Morgan fingerprint density at radius 2 is 1.89 bits per heavy atom. The predicted octanol–water partition coefficient (Wildman–Crippen LogP) is 3.54. The molecule has 1 heterocycles. The summed E-state index contributed by atoms with van der Waals surface area (Å²) in [5, 5.41) is 10.2. The molecule has 1 aliphatic heterocycles. The normalized spacial score (nSPS) is 20.2. The molecular weight excluding hydrogens is 352 g/mol. The highest BCUT2D eigenvalue weighted by atomic mass is 16.5. The molecule has 28 heavy (non-hydrogen) atoms. The van der Waals surface area contributed by atoms with Crippen molar-refractivity contribution < 1.29 is 14.6 Å². The van der Waals surface area contributed by atoms with Gasteiger partial charge in [0.05, 0.1) is 7.11 Å². The molecule has 1 saturated carbocycles. The third kappa shape index (κ3) is 5.40. The van der Waals surface area contributed by atoms with Gasteiger partial charge in [-0.2, -0.15) is 0 Å². The minimum atomic E-state index is -0.503. The standard InChI is InChI=1S/C23H38N2O3/c1-4-24(5-2)16-20(26)17-28-21-9-8-19(14-22(21)27-3)15-25-13-12-23(18-25)10-6-7-11-23/h8-9,14,20,26H,4-7,10-13,15-18H2,1-3H3. The fourth-order valence-electron chi connectivity index (χ4n) is 4.90. The number of aliphatic hydroxyl groups excluding tert-OH is 1. The first kappa shape index (κ1) is 21.4. The SMILES string of the molecule is CCN(CC)CC(O)COc1ccc(CN2CCC3(CCCC3)C2)cc1OC. The number of nitrogens with zero attached hydrogens (tertiary/aromatic N) is 2. The van der Waals surface area contributed by atoms with Gasteiger partial charge in [0.2, 0.25) is 0 Å². The van der Waals surface area contributed by atoms with Crippen molar-refractivity contribution in [3.8, 4) is 11.5 Å². The monoisotopic (exact) mass is 390 g/mol. The lowest BCUT2D eigenvalue weighted by Gasteiger charge is -2.24. The molecule has 1 aromatic carbocycles. The molecular formula is C23H38N2O3. The Labute approximate surface area is 170 Å². The number of hydrogen-bond donors (Lipinski definition) is 1. The van der Waals surface area contributed by atoms with Crippen molar-refractivity contribution in [1.29, 1.82) is 0 Å². The first-order valence-electron chi connectivity index (χ1n) is 11.0. The topological polar surface area (TPSA) is 45.2 Å². The summed E-state index contributed by atoms with van der Waals surface area (Å²) >= 11 is 0. The van der Waals surface area contributed by atoms with Crippen LogP contribution in [0.1, 0.15) is 51.5 Å². The summed E-state index contributed by atoms with van der Waals surface area (Å²) in [6, 6.07) is 6.21. The number of hydrogen-bond acceptors (Lipinski definition) is 5. The zero-order valence-electron chi connectivity index (χ0n) is 18.0. The van der Waals surface area contributed by atoms with Crippen molar-refractivity contribution in [1.82, 2.24) is 9.80 Å². The maximum atomic E-state index is 10.2. The van der Waals surface area contributed by atoms with Crippen LogP contribution in [0, 0.1) is 5.41 Å². The summed E-state index contributed by atoms with van der Waals surface area (Å²) in [5.41, 5.74) is 1.87. The molecule has 0 radical (unpaired) electrons. The smallest absolute Gasteiger partial charge is 0.161 e. The second-order valence-corrected chi connectivity index (χ2v) is 8.60. The fourth-order valence-corrected chi connectivity index (χ4v) is 4.90. The van der Waals surface area contributed by atoms with Gasteiger partial charge in [0.1, 0.15) is 12.7 Å². The molecule has 1 aliphatic carbocycles. The predicted molar refractivity (Wildman–Crippen MR) is 113 cm³/mol. The van der Waals surface area contributed by atoms with Crippen LogP contribution in [0.4, 0.5) is 0 Å². The minimum absolute atomic E-state index is 0.279. The van der Waals surface area contributed by atoms with E-state index in [-0.39, 0.29) is 6.61 Å². The molecule has 0 amide bonds. The molecule has 2 fully saturated rings. The van der Waals surface area contributed by atoms with Gasteiger partial charge in [-0.1, -0.05) is 32.8 Å². The second kappa shape index (κ2) is 9.95. The Morgan fingerprint density at radius 3 is 2.57 bits per heavy atom. The molecule has 5 nitrogen and oxygen atoms in total. The molecule has 1 N–H and O–H groups in total. The number of likely N-dealkylation sites (N-methyl/N-ethyl adjacent to an activating group) is 1. The Balaban J connectivity index is 1.53. The molecule has 1 saturated heterocycles. The van der Waals surface area contributed by atoms with Crippen molar-refractivity contribution in [3.63, 3.8) is 0 Å². The van der Waals surface area contributed by atoms with Crippen molar-refractivity contribution in [2.45, 2.75) is 58.6 Å². The zero-order chi connectivity index (χ0) is 20.0. The number of benzene rings is 1. The number of likely N-dealkylation sites (tertiary alicyclic amines) is 1. The molecule has 1 atom stereocenters. The van der Waals surface area contributed by atoms with Crippen LogP contribution in [0.15, 0.2) is 18.2 Å². The van der Waals surface area contributed by atoms with Crippen LogP contribution in [0.3, 0.4) is 0 Å². The molecule has 3 rings (SSSR count). The second-order valence-electron chi connectivity index (χ2n) is 8.60. The number of rotatable bonds is 10. The van der Waals surface area contributed by atoms with Gasteiger partial charge in [-0.25, -0.2) is 0 Å². The largest absolute Gasteiger partial charge is 0.493 e. The molecule has 1 unspecified atom stereocenters. The summed E-state index contributed by atoms with van der Waals surface area (Å²) in [6.07, 6.45) is 6.50. The van der Waals surface area contributed by atoms with Crippen molar-refractivity contribution >= 4 is 0 Å². The summed E-state index contributed by atoms with van der Waals surface area (Å²) < 4.78 is 11.4. The van der Waals surface area contributed by atoms with E-state index in [0.29, 0.717) is 17.7 Å². The number of methoxy groups -OCH3 is 1. The van der Waals surface area contributed by atoms with E-state index in [1.54, 1.807) is 7.11 Å². The lowest BCUT2D eigenvalue weighted by molar-refractivity contribution is 0.0705. The Kier molecular flexibility index (Phi) is 7.61. The van der Waals surface area contributed by atoms with Crippen LogP contribution in [0.2, 0.25) is 0 Å². The van der Waals surface area contributed by atoms with Crippen LogP contribution >= 0.6 is 0 Å². The highest BCUT2D eigenvalue weighted by Gasteiger charge is 2.39. The minimum Gasteiger partial charge on any atom is -0.493 e. The third-order valence-corrected chi connectivity index (χ3v) is 6.61. The van der Waals surface area contributed by atoms with Gasteiger partial charge >= 0.3 is 0 Å². The van der Waals surface area contributed by atoms with E-state index in [2.05, 4.69) is 35.8 Å². The lowest BCUT2D eigenvalue weighted by Crippen LogP contribution is -2.35. The maximum absolute atomic E-state index is 10.2. The van der Waals surface area contributed by atoms with Crippen LogP contribution in [-0.2, 0) is 6.54 Å². The Morgan fingerprint density at radius 1 is 1.14 bits per heavy atom. The third-order valence-electron chi connectivity index (χ3n) is 6.61. The molecule has 2 aliphatic rings. The highest BCUT2D eigenvalue weighted by molar-refractivity contribution is 5.43. The molecule has 0 bridgehead atoms. The Hall–Kier alpha value is -1.30. The quantitative estimate of drug-likeness (QED) is 0.662. The molecule has 0 aromatic heterocycles. The molecule has 1 aromatic rings. The number of ether oxygens (including phenoxy) is 2. The van der Waals surface area contributed by atoms with E-state index in [0.717, 1.165) is 25.4 Å². The van der Waals surface area contributed by atoms with Crippen LogP contribution in [0.5, 0.6) is 11.5 Å². The van der Waals surface area contributed by atoms with Gasteiger partial charge in [-0.3, -0.25) is 4.90 Å². The van der Waals surface area contributed by atoms with E-state index in [4.69, 9.17) is 9.47 Å². The van der Waals surface area contributed by atoms with Crippen molar-refractivity contribution in [3.05, 3.63) is 23.8 Å². The van der Waals surface area contributed by atoms with Gasteiger partial charge < -0.3 is 19.5 Å². The lowest BCUT2D eigenvalue weighted by atomic mass is 9.86. The van der Waals surface area contributed by atoms with Crippen molar-refractivity contribution in [2.75, 3.05) is 46.4 Å². The van der Waals surface area contributed by atoms with E-state index < -0.39 is 6.10 Å². The average molecular weight is 391 g/mol. The zero-order valence-corrected chi connectivity index (χ0v) is 18.0. The highest BCUT2D eigenvalue weighted by Crippen LogP contribution is 2.45. The summed E-state index contributed by atoms with van der Waals surface area (Å²) in [5.74, 6) is 1.46. The van der Waals surface area contributed by atoms with Crippen LogP contribution < -0.4 is 9.47 Å². The van der Waals surface area contributed by atoms with Gasteiger partial charge in [0, 0.05) is 19.6 Å². The van der Waals surface area contributed by atoms with E-state index >= 15 is 0 Å². The van der Waals surface area contributed by atoms with Crippen LogP contribution in [-0.4, -0.2) is 67.5 Å². The first-order chi connectivity index (χ1) is 13.6. The van der Waals surface area contributed by atoms with E-state index in [9.17, 15) is 5.11 Å². The summed E-state index contributed by atoms with van der Waals surface area (Å²) in [4.78, 5) is 4.79. The van der Waals surface area contributed by atoms with Gasteiger partial charge in [0.15, 0.2) is 11.5 Å². The maximum Gasteiger partial charge on any atom is 0.161 e. The molecule has 5 heteroatoms. The van der Waals surface area contributed by atoms with Gasteiger partial charge in [0.25, 0.3) is 0 Å². The van der Waals surface area contributed by atoms with Gasteiger partial charge in [-0.15, -0.1) is 0 Å². The van der Waals surface area contributed by atoms with Crippen molar-refractivity contribution in [2.24, 2.45) is 5.41 Å². The van der Waals surface area contributed by atoms with E-state index in [1.165, 1.54) is 50.8 Å². The van der Waals surface area contributed by atoms with E-state index in [1.807, 2.05) is 6.07 Å². The summed E-state index contributed by atoms with van der Waals surface area (Å²) in [7, 11) is 1.68. The Bertz CT molecular complexity index is 612. The first-order valence-corrected chi connectivity index (χ1v) is 11.0. The fraction of sp³-hybridized carbons (Fsp3) is 0.739.